The van der Waals surface area contributed by atoms with Crippen molar-refractivity contribution in [3.8, 4) is 0 Å². The van der Waals surface area contributed by atoms with Gasteiger partial charge in [0.1, 0.15) is 5.82 Å². The molecule has 1 aromatic heterocycles. The molecule has 2 heterocycles. The lowest BCUT2D eigenvalue weighted by molar-refractivity contribution is 0.647. The van der Waals surface area contributed by atoms with Crippen LogP contribution in [0.5, 0.6) is 0 Å². The summed E-state index contributed by atoms with van der Waals surface area (Å²) in [4.78, 5) is 7.46. The summed E-state index contributed by atoms with van der Waals surface area (Å²) in [6.07, 6.45) is 4.91. The van der Waals surface area contributed by atoms with Gasteiger partial charge in [-0.05, 0) is 44.2 Å². The second-order valence-electron chi connectivity index (χ2n) is 5.61. The van der Waals surface area contributed by atoms with Crippen LogP contribution in [0.2, 0.25) is 0 Å². The van der Waals surface area contributed by atoms with E-state index in [1.807, 2.05) is 11.8 Å². The SMILES string of the molecule is CC1CSCCN1c1nc2c(cc1CN)CCCC2. The van der Waals surface area contributed by atoms with Gasteiger partial charge in [0.05, 0.1) is 0 Å². The van der Waals surface area contributed by atoms with Gasteiger partial charge in [-0.1, -0.05) is 0 Å². The highest BCUT2D eigenvalue weighted by Crippen LogP contribution is 2.29. The Bertz CT molecular complexity index is 461. The summed E-state index contributed by atoms with van der Waals surface area (Å²) < 4.78 is 0. The maximum atomic E-state index is 5.96. The molecule has 0 radical (unpaired) electrons. The van der Waals surface area contributed by atoms with E-state index in [4.69, 9.17) is 10.7 Å². The maximum Gasteiger partial charge on any atom is 0.133 e. The minimum Gasteiger partial charge on any atom is -0.352 e. The number of aryl methyl sites for hydroxylation is 2. The van der Waals surface area contributed by atoms with E-state index in [1.165, 1.54) is 47.6 Å². The fraction of sp³-hybridized carbons (Fsp3) is 0.667. The summed E-state index contributed by atoms with van der Waals surface area (Å²) in [6, 6.07) is 2.89. The smallest absolute Gasteiger partial charge is 0.133 e. The molecule has 104 valence electrons. The van der Waals surface area contributed by atoms with Crippen molar-refractivity contribution in [3.63, 3.8) is 0 Å². The normalized spacial score (nSPS) is 23.3. The van der Waals surface area contributed by atoms with Crippen LogP contribution in [0.3, 0.4) is 0 Å². The van der Waals surface area contributed by atoms with Crippen LogP contribution in [-0.4, -0.2) is 29.1 Å². The van der Waals surface area contributed by atoms with E-state index in [-0.39, 0.29) is 0 Å². The zero-order valence-electron chi connectivity index (χ0n) is 11.7. The fourth-order valence-electron chi connectivity index (χ4n) is 3.11. The van der Waals surface area contributed by atoms with E-state index in [1.54, 1.807) is 0 Å². The number of nitrogens with two attached hydrogens (primary N) is 1. The molecular formula is C15H23N3S. The Labute approximate surface area is 120 Å². The molecule has 0 bridgehead atoms. The third-order valence-electron chi connectivity index (χ3n) is 4.22. The van der Waals surface area contributed by atoms with Crippen molar-refractivity contribution in [1.29, 1.82) is 0 Å². The predicted molar refractivity (Wildman–Crippen MR) is 82.9 cm³/mol. The Balaban J connectivity index is 1.98. The first-order valence-corrected chi connectivity index (χ1v) is 8.51. The molecule has 0 aromatic carbocycles. The van der Waals surface area contributed by atoms with E-state index in [0.29, 0.717) is 12.6 Å². The van der Waals surface area contributed by atoms with Crippen LogP contribution in [0.4, 0.5) is 5.82 Å². The topological polar surface area (TPSA) is 42.2 Å². The highest BCUT2D eigenvalue weighted by atomic mass is 32.2. The van der Waals surface area contributed by atoms with Gasteiger partial charge >= 0.3 is 0 Å². The van der Waals surface area contributed by atoms with Crippen molar-refractivity contribution < 1.29 is 0 Å². The van der Waals surface area contributed by atoms with Crippen LogP contribution in [0.15, 0.2) is 6.07 Å². The van der Waals surface area contributed by atoms with Gasteiger partial charge in [0.25, 0.3) is 0 Å². The second kappa shape index (κ2) is 5.71. The third kappa shape index (κ3) is 2.61. The Morgan fingerprint density at radius 3 is 3.05 bits per heavy atom. The minimum absolute atomic E-state index is 0.568. The van der Waals surface area contributed by atoms with Crippen molar-refractivity contribution in [2.75, 3.05) is 23.0 Å². The zero-order chi connectivity index (χ0) is 13.2. The average molecular weight is 277 g/mol. The number of nitrogens with zero attached hydrogens (tertiary/aromatic N) is 2. The lowest BCUT2D eigenvalue weighted by atomic mass is 9.94. The summed E-state index contributed by atoms with van der Waals surface area (Å²) in [6.45, 7) is 4.00. The van der Waals surface area contributed by atoms with Crippen LogP contribution in [0.1, 0.15) is 36.6 Å². The van der Waals surface area contributed by atoms with E-state index < -0.39 is 0 Å². The molecule has 0 amide bonds. The standard InChI is InChI=1S/C15H23N3S/c1-11-10-19-7-6-18(11)15-13(9-16)8-12-4-2-3-5-14(12)17-15/h8,11H,2-7,9-10,16H2,1H3. The van der Waals surface area contributed by atoms with Gasteiger partial charge in [-0.3, -0.25) is 0 Å². The number of rotatable bonds is 2. The van der Waals surface area contributed by atoms with Crippen molar-refractivity contribution in [1.82, 2.24) is 4.98 Å². The number of thioether (sulfide) groups is 1. The van der Waals surface area contributed by atoms with Crippen molar-refractivity contribution in [2.24, 2.45) is 5.73 Å². The molecule has 2 aliphatic rings. The molecule has 1 atom stereocenters. The van der Waals surface area contributed by atoms with Gasteiger partial charge in [-0.15, -0.1) is 0 Å². The summed E-state index contributed by atoms with van der Waals surface area (Å²) >= 11 is 2.04. The predicted octanol–water partition coefficient (Wildman–Crippen LogP) is 2.36. The minimum atomic E-state index is 0.568. The molecule has 19 heavy (non-hydrogen) atoms. The van der Waals surface area contributed by atoms with Crippen molar-refractivity contribution in [2.45, 2.75) is 45.2 Å². The zero-order valence-corrected chi connectivity index (χ0v) is 12.5. The Kier molecular flexibility index (Phi) is 3.99. The molecule has 0 saturated carbocycles. The number of hydrogen-bond acceptors (Lipinski definition) is 4. The first-order valence-electron chi connectivity index (χ1n) is 7.35. The number of pyridine rings is 1. The van der Waals surface area contributed by atoms with Crippen LogP contribution in [0.25, 0.3) is 0 Å². The van der Waals surface area contributed by atoms with Gasteiger partial charge < -0.3 is 10.6 Å². The van der Waals surface area contributed by atoms with Gasteiger partial charge in [0.2, 0.25) is 0 Å². The van der Waals surface area contributed by atoms with Gasteiger partial charge in [0.15, 0.2) is 0 Å². The van der Waals surface area contributed by atoms with E-state index >= 15 is 0 Å². The average Bonchev–Trinajstić information content (AvgIpc) is 2.46. The third-order valence-corrected chi connectivity index (χ3v) is 5.41. The number of aromatic nitrogens is 1. The van der Waals surface area contributed by atoms with E-state index in [2.05, 4.69) is 17.9 Å². The lowest BCUT2D eigenvalue weighted by Gasteiger charge is -2.36. The lowest BCUT2D eigenvalue weighted by Crippen LogP contribution is -2.41. The molecule has 1 aliphatic carbocycles. The molecule has 3 rings (SSSR count). The van der Waals surface area contributed by atoms with Crippen molar-refractivity contribution >= 4 is 17.6 Å². The largest absolute Gasteiger partial charge is 0.352 e. The summed E-state index contributed by atoms with van der Waals surface area (Å²) in [5, 5.41) is 0. The second-order valence-corrected chi connectivity index (χ2v) is 6.76. The quantitative estimate of drug-likeness (QED) is 0.901. The molecule has 3 nitrogen and oxygen atoms in total. The van der Waals surface area contributed by atoms with E-state index in [9.17, 15) is 0 Å². The monoisotopic (exact) mass is 277 g/mol. The summed E-state index contributed by atoms with van der Waals surface area (Å²) in [7, 11) is 0. The Morgan fingerprint density at radius 2 is 2.26 bits per heavy atom. The van der Waals surface area contributed by atoms with Crippen molar-refractivity contribution in [3.05, 3.63) is 22.9 Å². The molecule has 2 N–H and O–H groups in total. The molecular weight excluding hydrogens is 254 g/mol. The van der Waals surface area contributed by atoms with Crippen LogP contribution in [-0.2, 0) is 19.4 Å². The van der Waals surface area contributed by atoms with Crippen LogP contribution < -0.4 is 10.6 Å². The number of hydrogen-bond donors (Lipinski definition) is 1. The molecule has 4 heteroatoms. The first kappa shape index (κ1) is 13.3. The number of anilines is 1. The summed E-state index contributed by atoms with van der Waals surface area (Å²) in [5.74, 6) is 3.56. The highest BCUT2D eigenvalue weighted by Gasteiger charge is 2.24. The maximum absolute atomic E-state index is 5.96. The van der Waals surface area contributed by atoms with E-state index in [0.717, 1.165) is 18.8 Å². The molecule has 1 unspecified atom stereocenters. The molecule has 1 aromatic rings. The molecule has 1 aliphatic heterocycles. The van der Waals surface area contributed by atoms with Crippen LogP contribution in [0, 0.1) is 0 Å². The van der Waals surface area contributed by atoms with Gasteiger partial charge in [0, 0.05) is 41.9 Å². The Hall–Kier alpha value is -0.740. The molecule has 0 spiro atoms. The molecule has 1 fully saturated rings. The van der Waals surface area contributed by atoms with Gasteiger partial charge in [-0.2, -0.15) is 11.8 Å². The van der Waals surface area contributed by atoms with Gasteiger partial charge in [-0.25, -0.2) is 4.98 Å². The summed E-state index contributed by atoms with van der Waals surface area (Å²) in [5.41, 5.74) is 9.96. The van der Waals surface area contributed by atoms with Crippen LogP contribution >= 0.6 is 11.8 Å². The molecule has 1 saturated heterocycles. The first-order chi connectivity index (χ1) is 9.29. The fourth-order valence-corrected chi connectivity index (χ4v) is 4.12. The number of fused-ring (bicyclic) bond motifs is 1. The Morgan fingerprint density at radius 1 is 1.42 bits per heavy atom. The highest BCUT2D eigenvalue weighted by molar-refractivity contribution is 7.99.